The number of hydrogen-bond acceptors (Lipinski definition) is 5. The number of nitrogens with one attached hydrogen (secondary N) is 2. The molecule has 1 aromatic carbocycles. The molecule has 1 fully saturated rings. The van der Waals surface area contributed by atoms with Gasteiger partial charge in [-0.3, -0.25) is 24.5 Å². The molecule has 0 unspecified atom stereocenters. The van der Waals surface area contributed by atoms with Crippen LogP contribution in [0.3, 0.4) is 0 Å². The molecular formula is C17H17N3O6. The Morgan fingerprint density at radius 2 is 1.88 bits per heavy atom. The number of fused-ring (bicyclic) bond motifs is 1. The van der Waals surface area contributed by atoms with Gasteiger partial charge < -0.3 is 15.4 Å². The number of pyridine rings is 1. The SMILES string of the molecule is O=C(NC1CCC(C(=O)O)CC1)c1cc(=O)[nH]c2ccc([N+](=O)[O-])cc12. The number of aromatic nitrogens is 1. The number of carboxylic acids is 1. The van der Waals surface area contributed by atoms with E-state index in [1.807, 2.05) is 0 Å². The predicted octanol–water partition coefficient (Wildman–Crippen LogP) is 1.81. The first-order chi connectivity index (χ1) is 12.3. The monoisotopic (exact) mass is 359 g/mol. The lowest BCUT2D eigenvalue weighted by molar-refractivity contribution is -0.384. The summed E-state index contributed by atoms with van der Waals surface area (Å²) in [7, 11) is 0. The summed E-state index contributed by atoms with van der Waals surface area (Å²) < 4.78 is 0. The lowest BCUT2D eigenvalue weighted by atomic mass is 9.86. The van der Waals surface area contributed by atoms with Gasteiger partial charge in [0, 0.05) is 35.1 Å². The van der Waals surface area contributed by atoms with Gasteiger partial charge in [0.1, 0.15) is 0 Å². The first-order valence-corrected chi connectivity index (χ1v) is 8.20. The molecule has 1 saturated carbocycles. The van der Waals surface area contributed by atoms with E-state index in [0.717, 1.165) is 6.07 Å². The number of nitro benzene ring substituents is 1. The van der Waals surface area contributed by atoms with E-state index in [2.05, 4.69) is 10.3 Å². The van der Waals surface area contributed by atoms with Crippen molar-refractivity contribution in [2.75, 3.05) is 0 Å². The Hall–Kier alpha value is -3.23. The van der Waals surface area contributed by atoms with Gasteiger partial charge >= 0.3 is 5.97 Å². The number of carbonyl (C=O) groups excluding carboxylic acids is 1. The van der Waals surface area contributed by atoms with Crippen LogP contribution in [0.4, 0.5) is 5.69 Å². The zero-order chi connectivity index (χ0) is 18.8. The highest BCUT2D eigenvalue weighted by atomic mass is 16.6. The molecule has 0 atom stereocenters. The van der Waals surface area contributed by atoms with E-state index < -0.39 is 28.3 Å². The van der Waals surface area contributed by atoms with Crippen molar-refractivity contribution in [3.63, 3.8) is 0 Å². The van der Waals surface area contributed by atoms with Crippen molar-refractivity contribution < 1.29 is 19.6 Å². The molecule has 0 radical (unpaired) electrons. The zero-order valence-electron chi connectivity index (χ0n) is 13.7. The zero-order valence-corrected chi connectivity index (χ0v) is 13.7. The number of H-pyrrole nitrogens is 1. The van der Waals surface area contributed by atoms with Crippen molar-refractivity contribution in [1.29, 1.82) is 0 Å². The van der Waals surface area contributed by atoms with Crippen molar-refractivity contribution in [3.8, 4) is 0 Å². The standard InChI is InChI=1S/C17H17N3O6/c21-15-8-13(12-7-11(20(25)26)5-6-14(12)19-15)16(22)18-10-3-1-9(2-4-10)17(23)24/h5-10H,1-4H2,(H,18,22)(H,19,21)(H,23,24). The van der Waals surface area contributed by atoms with E-state index in [1.54, 1.807) is 0 Å². The van der Waals surface area contributed by atoms with Crippen LogP contribution >= 0.6 is 0 Å². The Morgan fingerprint density at radius 1 is 1.19 bits per heavy atom. The molecule has 1 heterocycles. The van der Waals surface area contributed by atoms with Crippen LogP contribution in [0.25, 0.3) is 10.9 Å². The average Bonchev–Trinajstić information content (AvgIpc) is 2.60. The molecule has 3 rings (SSSR count). The Bertz CT molecular complexity index is 943. The minimum atomic E-state index is -0.831. The molecule has 0 bridgehead atoms. The third-order valence-electron chi connectivity index (χ3n) is 4.69. The van der Waals surface area contributed by atoms with Gasteiger partial charge in [-0.15, -0.1) is 0 Å². The first kappa shape index (κ1) is 17.6. The van der Waals surface area contributed by atoms with E-state index in [1.165, 1.54) is 18.2 Å². The second-order valence-corrected chi connectivity index (χ2v) is 6.39. The minimum absolute atomic E-state index is 0.0628. The van der Waals surface area contributed by atoms with Crippen molar-refractivity contribution >= 4 is 28.5 Å². The number of nitrogens with zero attached hydrogens (tertiary/aromatic N) is 1. The van der Waals surface area contributed by atoms with Gasteiger partial charge in [-0.2, -0.15) is 0 Å². The maximum absolute atomic E-state index is 12.6. The molecule has 26 heavy (non-hydrogen) atoms. The van der Waals surface area contributed by atoms with Crippen LogP contribution in [0.1, 0.15) is 36.0 Å². The summed E-state index contributed by atoms with van der Waals surface area (Å²) in [5.41, 5.74) is -0.262. The molecule has 3 N–H and O–H groups in total. The number of rotatable bonds is 4. The van der Waals surface area contributed by atoms with Gasteiger partial charge in [0.15, 0.2) is 0 Å². The maximum atomic E-state index is 12.6. The fraction of sp³-hybridized carbons (Fsp3) is 0.353. The highest BCUT2D eigenvalue weighted by Gasteiger charge is 2.27. The van der Waals surface area contributed by atoms with Crippen LogP contribution in [-0.4, -0.2) is 32.9 Å². The summed E-state index contributed by atoms with van der Waals surface area (Å²) in [6.07, 6.45) is 2.01. The molecule has 0 saturated heterocycles. The van der Waals surface area contributed by atoms with Crippen LogP contribution in [0.5, 0.6) is 0 Å². The molecule has 1 amide bonds. The average molecular weight is 359 g/mol. The van der Waals surface area contributed by atoms with Crippen molar-refractivity contribution in [3.05, 3.63) is 50.3 Å². The summed E-state index contributed by atoms with van der Waals surface area (Å²) in [6.45, 7) is 0. The number of aliphatic carboxylic acids is 1. The van der Waals surface area contributed by atoms with Crippen molar-refractivity contribution in [2.45, 2.75) is 31.7 Å². The molecule has 1 aromatic heterocycles. The normalized spacial score (nSPS) is 19.8. The minimum Gasteiger partial charge on any atom is -0.481 e. The first-order valence-electron chi connectivity index (χ1n) is 8.20. The third-order valence-corrected chi connectivity index (χ3v) is 4.69. The fourth-order valence-electron chi connectivity index (χ4n) is 3.29. The van der Waals surface area contributed by atoms with Crippen molar-refractivity contribution in [2.24, 2.45) is 5.92 Å². The van der Waals surface area contributed by atoms with E-state index >= 15 is 0 Å². The summed E-state index contributed by atoms with van der Waals surface area (Å²) >= 11 is 0. The van der Waals surface area contributed by atoms with Gasteiger partial charge in [-0.05, 0) is 31.7 Å². The van der Waals surface area contributed by atoms with Crippen LogP contribution in [0, 0.1) is 16.0 Å². The topological polar surface area (TPSA) is 142 Å². The van der Waals surface area contributed by atoms with Crippen molar-refractivity contribution in [1.82, 2.24) is 10.3 Å². The number of hydrogen-bond donors (Lipinski definition) is 3. The van der Waals surface area contributed by atoms with Crippen LogP contribution in [0.15, 0.2) is 29.1 Å². The van der Waals surface area contributed by atoms with Gasteiger partial charge in [0.05, 0.1) is 16.4 Å². The van der Waals surface area contributed by atoms with Crippen LogP contribution < -0.4 is 10.9 Å². The summed E-state index contributed by atoms with van der Waals surface area (Å²) in [4.78, 5) is 48.4. The van der Waals surface area contributed by atoms with Gasteiger partial charge in [-0.25, -0.2) is 0 Å². The Labute approximate surface area is 147 Å². The Balaban J connectivity index is 1.86. The van der Waals surface area contributed by atoms with E-state index in [0.29, 0.717) is 31.2 Å². The predicted molar refractivity (Wildman–Crippen MR) is 92.1 cm³/mol. The quantitative estimate of drug-likeness (QED) is 0.561. The molecule has 9 heteroatoms. The van der Waals surface area contributed by atoms with Crippen LogP contribution in [-0.2, 0) is 4.79 Å². The summed E-state index contributed by atoms with van der Waals surface area (Å²) in [5, 5.41) is 23.1. The largest absolute Gasteiger partial charge is 0.481 e. The second kappa shape index (κ2) is 6.95. The highest BCUT2D eigenvalue weighted by molar-refractivity contribution is 6.06. The molecule has 136 valence electrons. The van der Waals surface area contributed by atoms with Gasteiger partial charge in [-0.1, -0.05) is 0 Å². The maximum Gasteiger partial charge on any atom is 0.306 e. The van der Waals surface area contributed by atoms with E-state index in [-0.39, 0.29) is 22.7 Å². The third kappa shape index (κ3) is 3.56. The number of non-ortho nitro benzene ring substituents is 1. The number of carbonyl (C=O) groups is 2. The number of benzene rings is 1. The lowest BCUT2D eigenvalue weighted by Gasteiger charge is -2.26. The smallest absolute Gasteiger partial charge is 0.306 e. The number of amides is 1. The molecule has 1 aliphatic rings. The molecule has 0 aliphatic heterocycles. The van der Waals surface area contributed by atoms with Gasteiger partial charge in [0.2, 0.25) is 5.56 Å². The highest BCUT2D eigenvalue weighted by Crippen LogP contribution is 2.26. The van der Waals surface area contributed by atoms with E-state index in [4.69, 9.17) is 5.11 Å². The Kier molecular flexibility index (Phi) is 4.70. The molecule has 0 spiro atoms. The van der Waals surface area contributed by atoms with Gasteiger partial charge in [0.25, 0.3) is 11.6 Å². The summed E-state index contributed by atoms with van der Waals surface area (Å²) in [6, 6.07) is 4.83. The second-order valence-electron chi connectivity index (χ2n) is 6.39. The number of carboxylic acid groups (broad SMARTS) is 1. The van der Waals surface area contributed by atoms with E-state index in [9.17, 15) is 24.5 Å². The summed E-state index contributed by atoms with van der Waals surface area (Å²) in [5.74, 6) is -1.73. The number of aromatic amines is 1. The lowest BCUT2D eigenvalue weighted by Crippen LogP contribution is -2.39. The van der Waals surface area contributed by atoms with Crippen LogP contribution in [0.2, 0.25) is 0 Å². The molecule has 1 aliphatic carbocycles. The molecular weight excluding hydrogens is 342 g/mol. The fourth-order valence-corrected chi connectivity index (χ4v) is 3.29. The number of nitro groups is 1. The molecule has 2 aromatic rings. The molecule has 9 nitrogen and oxygen atoms in total. The Morgan fingerprint density at radius 3 is 2.50 bits per heavy atom.